The summed E-state index contributed by atoms with van der Waals surface area (Å²) in [6, 6.07) is 6.06. The van der Waals surface area contributed by atoms with Gasteiger partial charge in [-0.25, -0.2) is 0 Å². The van der Waals surface area contributed by atoms with Crippen molar-refractivity contribution in [3.63, 3.8) is 0 Å². The lowest BCUT2D eigenvalue weighted by Crippen LogP contribution is -2.17. The Balaban J connectivity index is 2.65. The summed E-state index contributed by atoms with van der Waals surface area (Å²) in [4.78, 5) is 1.79. The lowest BCUT2D eigenvalue weighted by Gasteiger charge is -2.17. The molecule has 0 N–H and O–H groups in total. The number of hydrogen-bond donors (Lipinski definition) is 0. The van der Waals surface area contributed by atoms with E-state index in [0.29, 0.717) is 16.4 Å². The molecule has 2 rings (SSSR count). The van der Waals surface area contributed by atoms with Crippen molar-refractivity contribution in [1.82, 2.24) is 4.57 Å². The van der Waals surface area contributed by atoms with Gasteiger partial charge in [0.15, 0.2) is 0 Å². The van der Waals surface area contributed by atoms with Crippen molar-refractivity contribution in [2.75, 3.05) is 0 Å². The lowest BCUT2D eigenvalue weighted by atomic mass is 9.93. The van der Waals surface area contributed by atoms with E-state index in [0.717, 1.165) is 10.6 Å². The van der Waals surface area contributed by atoms with Crippen LogP contribution in [-0.2, 0) is 22.0 Å². The average Bonchev–Trinajstić information content (AvgIpc) is 2.74. The molecule has 0 spiro atoms. The Bertz CT molecular complexity index is 870. The minimum Gasteiger partial charge on any atom is -0.320 e. The van der Waals surface area contributed by atoms with Crippen molar-refractivity contribution in [3.8, 4) is 0 Å². The molecular weight excluding hydrogens is 352 g/mol. The van der Waals surface area contributed by atoms with Gasteiger partial charge in [-0.3, -0.25) is 0 Å². The average molecular weight is 373 g/mol. The molecule has 0 unspecified atom stereocenters. The minimum atomic E-state index is -3.76. The van der Waals surface area contributed by atoms with E-state index in [1.807, 2.05) is 18.4 Å². The number of benzene rings is 1. The number of rotatable bonds is 3. The minimum absolute atomic E-state index is 0.0521. The molecule has 1 aromatic carbocycles. The molecule has 1 aromatic heterocycles. The van der Waals surface area contributed by atoms with Crippen LogP contribution in [0, 0.1) is 6.92 Å². The zero-order chi connectivity index (χ0) is 17.4. The van der Waals surface area contributed by atoms with Gasteiger partial charge in [-0.1, -0.05) is 32.4 Å². The molecule has 2 aromatic rings. The van der Waals surface area contributed by atoms with Gasteiger partial charge in [0.2, 0.25) is 4.80 Å². The summed E-state index contributed by atoms with van der Waals surface area (Å²) in [5, 5.41) is 0.495. The summed E-state index contributed by atoms with van der Waals surface area (Å²) >= 11 is 7.25. The third-order valence-corrected chi connectivity index (χ3v) is 6.72. The number of thiazole rings is 1. The lowest BCUT2D eigenvalue weighted by molar-refractivity contribution is 0.585. The Hall–Kier alpha value is -1.11. The first-order valence-electron chi connectivity index (χ1n) is 7.33. The Kier molecular flexibility index (Phi) is 5.09. The van der Waals surface area contributed by atoms with E-state index in [-0.39, 0.29) is 10.3 Å². The predicted octanol–water partition coefficient (Wildman–Crippen LogP) is 4.12. The van der Waals surface area contributed by atoms with Crippen molar-refractivity contribution >= 4 is 33.0 Å². The molecule has 1 heterocycles. The summed E-state index contributed by atoms with van der Waals surface area (Å²) < 4.78 is 31.1. The van der Waals surface area contributed by atoms with Gasteiger partial charge in [-0.05, 0) is 43.5 Å². The highest BCUT2D eigenvalue weighted by molar-refractivity contribution is 7.90. The summed E-state index contributed by atoms with van der Waals surface area (Å²) in [7, 11) is -3.76. The van der Waals surface area contributed by atoms with E-state index in [1.165, 1.54) is 23.5 Å². The molecule has 7 heteroatoms. The third kappa shape index (κ3) is 3.87. The largest absolute Gasteiger partial charge is 0.320 e. The fourth-order valence-electron chi connectivity index (χ4n) is 2.38. The highest BCUT2D eigenvalue weighted by Crippen LogP contribution is 2.28. The Morgan fingerprint density at radius 2 is 1.78 bits per heavy atom. The van der Waals surface area contributed by atoms with Crippen molar-refractivity contribution in [3.05, 3.63) is 44.7 Å². The van der Waals surface area contributed by atoms with Gasteiger partial charge < -0.3 is 4.57 Å². The molecule has 0 atom stereocenters. The molecule has 126 valence electrons. The van der Waals surface area contributed by atoms with Gasteiger partial charge >= 0.3 is 0 Å². The van der Waals surface area contributed by atoms with E-state index in [2.05, 4.69) is 25.2 Å². The van der Waals surface area contributed by atoms with E-state index in [1.54, 1.807) is 12.1 Å². The van der Waals surface area contributed by atoms with Gasteiger partial charge in [-0.15, -0.1) is 15.7 Å². The van der Waals surface area contributed by atoms with E-state index in [9.17, 15) is 8.42 Å². The number of hydrogen-bond acceptors (Lipinski definition) is 3. The maximum absolute atomic E-state index is 12.5. The molecule has 4 nitrogen and oxygen atoms in total. The first kappa shape index (κ1) is 18.2. The van der Waals surface area contributed by atoms with E-state index < -0.39 is 10.0 Å². The zero-order valence-electron chi connectivity index (χ0n) is 13.9. The zero-order valence-corrected chi connectivity index (χ0v) is 16.3. The molecule has 0 radical (unpaired) electrons. The Morgan fingerprint density at radius 1 is 1.22 bits per heavy atom. The molecule has 0 saturated heterocycles. The highest BCUT2D eigenvalue weighted by atomic mass is 35.5. The molecule has 0 aliphatic heterocycles. The van der Waals surface area contributed by atoms with Crippen LogP contribution in [0.3, 0.4) is 0 Å². The second-order valence-corrected chi connectivity index (χ2v) is 9.33. The normalized spacial score (nSPS) is 13.6. The number of halogens is 1. The molecule has 23 heavy (non-hydrogen) atoms. The van der Waals surface area contributed by atoms with Crippen LogP contribution in [0.15, 0.2) is 33.6 Å². The number of nitrogens with zero attached hydrogens (tertiary/aromatic N) is 2. The molecule has 0 aliphatic rings. The van der Waals surface area contributed by atoms with Crippen molar-refractivity contribution in [2.45, 2.75) is 51.5 Å². The number of aromatic nitrogens is 1. The predicted molar refractivity (Wildman–Crippen MR) is 95.6 cm³/mol. The maximum atomic E-state index is 12.5. The number of sulfonamides is 1. The highest BCUT2D eigenvalue weighted by Gasteiger charge is 2.22. The third-order valence-electron chi connectivity index (χ3n) is 3.46. The molecular formula is C16H21ClN2O2S2. The second kappa shape index (κ2) is 6.42. The topological polar surface area (TPSA) is 51.4 Å². The SMILES string of the molecule is CCn1c(C)c(C(C)(C)C)s/c1=N\S(=O)(=O)c1ccc(Cl)cc1. The van der Waals surface area contributed by atoms with Gasteiger partial charge in [-0.2, -0.15) is 8.42 Å². The van der Waals surface area contributed by atoms with Gasteiger partial charge in [0, 0.05) is 22.1 Å². The van der Waals surface area contributed by atoms with Gasteiger partial charge in [0.25, 0.3) is 10.0 Å². The molecule has 0 aliphatic carbocycles. The molecule has 0 amide bonds. The summed E-state index contributed by atoms with van der Waals surface area (Å²) in [5.41, 5.74) is 1.01. The van der Waals surface area contributed by atoms with E-state index in [4.69, 9.17) is 11.6 Å². The first-order valence-corrected chi connectivity index (χ1v) is 9.97. The standard InChI is InChI=1S/C16H21ClN2O2S2/c1-6-19-11(2)14(16(3,4)5)22-15(19)18-23(20,21)13-9-7-12(17)8-10-13/h7-10H,6H2,1-5H3/b18-15-. The van der Waals surface area contributed by atoms with Crippen LogP contribution < -0.4 is 4.80 Å². The van der Waals surface area contributed by atoms with Crippen molar-refractivity contribution < 1.29 is 8.42 Å². The van der Waals surface area contributed by atoms with Crippen molar-refractivity contribution in [1.29, 1.82) is 0 Å². The first-order chi connectivity index (χ1) is 10.6. The van der Waals surface area contributed by atoms with Gasteiger partial charge in [0.1, 0.15) is 0 Å². The maximum Gasteiger partial charge on any atom is 0.285 e. The fraction of sp³-hybridized carbons (Fsp3) is 0.438. The molecule has 0 bridgehead atoms. The van der Waals surface area contributed by atoms with Crippen LogP contribution in [0.1, 0.15) is 38.3 Å². The fourth-order valence-corrected chi connectivity index (χ4v) is 4.97. The Labute approximate surface area is 146 Å². The smallest absolute Gasteiger partial charge is 0.285 e. The Morgan fingerprint density at radius 3 is 2.26 bits per heavy atom. The summed E-state index contributed by atoms with van der Waals surface area (Å²) in [6.07, 6.45) is 0. The molecule has 0 fully saturated rings. The second-order valence-electron chi connectivity index (χ2n) is 6.31. The molecule has 0 saturated carbocycles. The van der Waals surface area contributed by atoms with Crippen LogP contribution in [0.5, 0.6) is 0 Å². The van der Waals surface area contributed by atoms with Crippen LogP contribution in [-0.4, -0.2) is 13.0 Å². The van der Waals surface area contributed by atoms with E-state index >= 15 is 0 Å². The summed E-state index contributed by atoms with van der Waals surface area (Å²) in [6.45, 7) is 11.0. The van der Waals surface area contributed by atoms with Crippen LogP contribution in [0.25, 0.3) is 0 Å². The van der Waals surface area contributed by atoms with Crippen LogP contribution >= 0.6 is 22.9 Å². The van der Waals surface area contributed by atoms with Gasteiger partial charge in [0.05, 0.1) is 4.90 Å². The quantitative estimate of drug-likeness (QED) is 0.813. The van der Waals surface area contributed by atoms with Crippen LogP contribution in [0.2, 0.25) is 5.02 Å². The monoisotopic (exact) mass is 372 g/mol. The van der Waals surface area contributed by atoms with Crippen LogP contribution in [0.4, 0.5) is 0 Å². The summed E-state index contributed by atoms with van der Waals surface area (Å²) in [5.74, 6) is 0. The van der Waals surface area contributed by atoms with Crippen molar-refractivity contribution in [2.24, 2.45) is 4.40 Å².